The number of nitrogens with zero attached hydrogens (tertiary/aromatic N) is 3. The van der Waals surface area contributed by atoms with Crippen molar-refractivity contribution in [3.8, 4) is 0 Å². The molecule has 0 unspecified atom stereocenters. The summed E-state index contributed by atoms with van der Waals surface area (Å²) in [6.07, 6.45) is 0.464. The molecular formula is C8H9IN4O. The predicted molar refractivity (Wildman–Crippen MR) is 61.6 cm³/mol. The van der Waals surface area contributed by atoms with Gasteiger partial charge in [-0.25, -0.2) is 10.4 Å². The summed E-state index contributed by atoms with van der Waals surface area (Å²) >= 11 is 2.21. The predicted octanol–water partition coefficient (Wildman–Crippen LogP) is 1.76. The molecule has 0 atom stereocenters. The molecule has 0 saturated carbocycles. The van der Waals surface area contributed by atoms with Gasteiger partial charge in [-0.2, -0.15) is 0 Å². The molecule has 0 aliphatic rings. The lowest BCUT2D eigenvalue weighted by Crippen LogP contribution is -2.10. The van der Waals surface area contributed by atoms with Crippen molar-refractivity contribution in [3.05, 3.63) is 27.8 Å². The van der Waals surface area contributed by atoms with E-state index in [-0.39, 0.29) is 0 Å². The van der Waals surface area contributed by atoms with Gasteiger partial charge < -0.3 is 0 Å². The Labute approximate surface area is 95.3 Å². The lowest BCUT2D eigenvalue weighted by atomic mass is 10.3. The van der Waals surface area contributed by atoms with Crippen molar-refractivity contribution in [2.24, 2.45) is 10.4 Å². The molecule has 0 saturated heterocycles. The maximum absolute atomic E-state index is 9.89. The minimum Gasteiger partial charge on any atom is -0.277 e. The number of amides is 1. The van der Waals surface area contributed by atoms with Gasteiger partial charge in [0.05, 0.1) is 5.69 Å². The van der Waals surface area contributed by atoms with E-state index in [1.54, 1.807) is 12.1 Å². The van der Waals surface area contributed by atoms with Crippen LogP contribution in [-0.4, -0.2) is 13.5 Å². The van der Waals surface area contributed by atoms with Crippen molar-refractivity contribution in [3.63, 3.8) is 0 Å². The summed E-state index contributed by atoms with van der Waals surface area (Å²) in [6.45, 7) is 0. The van der Waals surface area contributed by atoms with Gasteiger partial charge in [0, 0.05) is 10.6 Å². The lowest BCUT2D eigenvalue weighted by molar-refractivity contribution is -0.109. The van der Waals surface area contributed by atoms with Crippen LogP contribution in [-0.2, 0) is 4.79 Å². The van der Waals surface area contributed by atoms with Gasteiger partial charge in [-0.05, 0) is 51.2 Å². The van der Waals surface area contributed by atoms with Crippen LogP contribution in [0.25, 0.3) is 0 Å². The summed E-state index contributed by atoms with van der Waals surface area (Å²) in [6, 6.07) is 7.78. The number of hydrogen-bond acceptors (Lipinski definition) is 3. The molecule has 1 aromatic rings. The Balaban J connectivity index is 2.69. The normalized spacial score (nSPS) is 10.1. The second-order valence-electron chi connectivity index (χ2n) is 2.44. The second-order valence-corrected chi connectivity index (χ2v) is 3.69. The third-order valence-electron chi connectivity index (χ3n) is 1.47. The number of carbonyl (C=O) groups is 1. The summed E-state index contributed by atoms with van der Waals surface area (Å²) < 4.78 is 1.12. The van der Waals surface area contributed by atoms with Crippen molar-refractivity contribution in [2.75, 3.05) is 12.1 Å². The Hall–Kier alpha value is -1.18. The number of carbonyl (C=O) groups excluding carboxylic acids is 1. The summed E-state index contributed by atoms with van der Waals surface area (Å²) in [7, 11) is 1.75. The standard InChI is InChI=1S/C8H9IN4O/c1-13(12-11-10-6-14)8-4-2-3-7(9)5-8/h2-6H,1H3,(H,10,12,14). The Morgan fingerprint density at radius 1 is 1.57 bits per heavy atom. The van der Waals surface area contributed by atoms with Crippen LogP contribution in [0.1, 0.15) is 0 Å². The number of anilines is 1. The van der Waals surface area contributed by atoms with Crippen LogP contribution in [0.15, 0.2) is 34.7 Å². The fourth-order valence-corrected chi connectivity index (χ4v) is 1.37. The quantitative estimate of drug-likeness (QED) is 0.399. The summed E-state index contributed by atoms with van der Waals surface area (Å²) in [5.41, 5.74) is 3.01. The monoisotopic (exact) mass is 304 g/mol. The number of halogens is 1. The molecule has 0 aliphatic heterocycles. The van der Waals surface area contributed by atoms with Crippen LogP contribution in [0.5, 0.6) is 0 Å². The van der Waals surface area contributed by atoms with E-state index in [0.717, 1.165) is 9.26 Å². The molecule has 14 heavy (non-hydrogen) atoms. The zero-order chi connectivity index (χ0) is 10.4. The Bertz CT molecular complexity index is 342. The van der Waals surface area contributed by atoms with E-state index in [9.17, 15) is 4.79 Å². The minimum atomic E-state index is 0.464. The zero-order valence-corrected chi connectivity index (χ0v) is 9.67. The van der Waals surface area contributed by atoms with E-state index in [0.29, 0.717) is 6.41 Å². The van der Waals surface area contributed by atoms with Gasteiger partial charge in [0.1, 0.15) is 0 Å². The highest BCUT2D eigenvalue weighted by Crippen LogP contribution is 2.16. The lowest BCUT2D eigenvalue weighted by Gasteiger charge is -2.10. The summed E-state index contributed by atoms with van der Waals surface area (Å²) in [5, 5.41) is 8.73. The number of nitrogens with one attached hydrogen (secondary N) is 1. The largest absolute Gasteiger partial charge is 0.277 e. The van der Waals surface area contributed by atoms with Gasteiger partial charge in [-0.15, -0.1) is 0 Å². The fourth-order valence-electron chi connectivity index (χ4n) is 0.846. The van der Waals surface area contributed by atoms with Crippen molar-refractivity contribution in [1.82, 2.24) is 5.43 Å². The molecule has 1 aromatic carbocycles. The number of hydrogen-bond donors (Lipinski definition) is 1. The van der Waals surface area contributed by atoms with Crippen molar-refractivity contribution >= 4 is 34.7 Å². The van der Waals surface area contributed by atoms with E-state index < -0.39 is 0 Å². The van der Waals surface area contributed by atoms with Gasteiger partial charge in [0.2, 0.25) is 6.41 Å². The molecule has 0 aliphatic carbocycles. The van der Waals surface area contributed by atoms with E-state index in [1.807, 2.05) is 24.3 Å². The molecule has 0 radical (unpaired) electrons. The maximum Gasteiger partial charge on any atom is 0.228 e. The Morgan fingerprint density at radius 3 is 3.00 bits per heavy atom. The van der Waals surface area contributed by atoms with E-state index in [2.05, 4.69) is 38.5 Å². The van der Waals surface area contributed by atoms with Gasteiger partial charge in [0.25, 0.3) is 0 Å². The Morgan fingerprint density at radius 2 is 2.36 bits per heavy atom. The molecule has 6 heteroatoms. The molecule has 0 fully saturated rings. The highest BCUT2D eigenvalue weighted by Gasteiger charge is 1.98. The molecule has 1 rings (SSSR count). The molecule has 1 N–H and O–H groups in total. The van der Waals surface area contributed by atoms with Crippen molar-refractivity contribution < 1.29 is 4.79 Å². The fraction of sp³-hybridized carbons (Fsp3) is 0.125. The Kier molecular flexibility index (Phi) is 4.30. The third-order valence-corrected chi connectivity index (χ3v) is 2.14. The van der Waals surface area contributed by atoms with Crippen LogP contribution in [0, 0.1) is 3.57 Å². The van der Waals surface area contributed by atoms with Crippen LogP contribution < -0.4 is 10.4 Å². The van der Waals surface area contributed by atoms with Gasteiger partial charge in [0.15, 0.2) is 0 Å². The van der Waals surface area contributed by atoms with Gasteiger partial charge >= 0.3 is 0 Å². The zero-order valence-electron chi connectivity index (χ0n) is 7.51. The smallest absolute Gasteiger partial charge is 0.228 e. The second kappa shape index (κ2) is 5.53. The molecule has 0 aromatic heterocycles. The minimum absolute atomic E-state index is 0.464. The molecular weight excluding hydrogens is 295 g/mol. The van der Waals surface area contributed by atoms with Crippen LogP contribution in [0.4, 0.5) is 5.69 Å². The van der Waals surface area contributed by atoms with E-state index >= 15 is 0 Å². The van der Waals surface area contributed by atoms with Crippen LogP contribution >= 0.6 is 22.6 Å². The molecule has 0 heterocycles. The van der Waals surface area contributed by atoms with Crippen LogP contribution in [0.2, 0.25) is 0 Å². The first kappa shape index (κ1) is 10.9. The average molecular weight is 304 g/mol. The topological polar surface area (TPSA) is 57.1 Å². The molecule has 5 nitrogen and oxygen atoms in total. The summed E-state index contributed by atoms with van der Waals surface area (Å²) in [5.74, 6) is 0. The first-order valence-electron chi connectivity index (χ1n) is 3.83. The summed E-state index contributed by atoms with van der Waals surface area (Å²) in [4.78, 5) is 9.89. The third kappa shape index (κ3) is 3.29. The molecule has 74 valence electrons. The van der Waals surface area contributed by atoms with Crippen molar-refractivity contribution in [1.29, 1.82) is 0 Å². The molecule has 0 bridgehead atoms. The molecule has 0 spiro atoms. The number of rotatable bonds is 4. The SMILES string of the molecule is CN(/N=N\NC=O)c1cccc(I)c1. The van der Waals surface area contributed by atoms with E-state index in [4.69, 9.17) is 0 Å². The van der Waals surface area contributed by atoms with Gasteiger partial charge in [-0.3, -0.25) is 4.79 Å². The highest BCUT2D eigenvalue weighted by atomic mass is 127. The van der Waals surface area contributed by atoms with E-state index in [1.165, 1.54) is 0 Å². The maximum atomic E-state index is 9.89. The first-order valence-corrected chi connectivity index (χ1v) is 4.91. The molecule has 1 amide bonds. The van der Waals surface area contributed by atoms with Crippen molar-refractivity contribution in [2.45, 2.75) is 0 Å². The van der Waals surface area contributed by atoms with Gasteiger partial charge in [-0.1, -0.05) is 6.07 Å². The highest BCUT2D eigenvalue weighted by molar-refractivity contribution is 14.1. The number of benzene rings is 1. The first-order chi connectivity index (χ1) is 6.74. The van der Waals surface area contributed by atoms with Crippen LogP contribution in [0.3, 0.4) is 0 Å². The average Bonchev–Trinajstić information content (AvgIpc) is 2.18.